The topological polar surface area (TPSA) is 63.7 Å². The molecule has 1 aliphatic rings. The van der Waals surface area contributed by atoms with Crippen molar-refractivity contribution >= 4 is 11.9 Å². The van der Waals surface area contributed by atoms with Gasteiger partial charge in [0.15, 0.2) is 0 Å². The van der Waals surface area contributed by atoms with Crippen LogP contribution >= 0.6 is 0 Å². The number of aryl methyl sites for hydroxylation is 2. The number of carbonyl (C=O) groups excluding carboxylic acids is 1. The van der Waals surface area contributed by atoms with Crippen LogP contribution in [0.5, 0.6) is 0 Å². The van der Waals surface area contributed by atoms with Gasteiger partial charge >= 0.3 is 6.09 Å². The minimum Gasteiger partial charge on any atom is -0.443 e. The number of nitrogens with zero attached hydrogens (tertiary/aromatic N) is 2. The second kappa shape index (κ2) is 10.7. The van der Waals surface area contributed by atoms with Crippen LogP contribution in [0, 0.1) is 0 Å². The van der Waals surface area contributed by atoms with Crippen molar-refractivity contribution in [3.8, 4) is 0 Å². The zero-order valence-electron chi connectivity index (χ0n) is 17.6. The molecule has 6 nitrogen and oxygen atoms in total. The predicted octanol–water partition coefficient (Wildman–Crippen LogP) is 3.67. The molecule has 0 radical (unpaired) electrons. The number of hydrogen-bond acceptors (Lipinski definition) is 5. The van der Waals surface area contributed by atoms with Crippen molar-refractivity contribution in [1.29, 1.82) is 0 Å². The average Bonchev–Trinajstić information content (AvgIpc) is 2.65. The molecule has 1 aliphatic heterocycles. The zero-order chi connectivity index (χ0) is 20.6. The summed E-state index contributed by atoms with van der Waals surface area (Å²) in [5.74, 6) is 0.738. The van der Waals surface area contributed by atoms with Crippen LogP contribution in [0.2, 0.25) is 0 Å². The number of alkyl halides is 1. The molecule has 1 atom stereocenters. The molecule has 7 heteroatoms. The molecular formula is C21H34FN3O3. The Bertz CT molecular complexity index is 630. The maximum Gasteiger partial charge on any atom is 0.416 e. The number of ether oxygens (including phenoxy) is 2. The number of fused-ring (bicyclic) bond motifs is 1. The molecular weight excluding hydrogens is 361 g/mol. The van der Waals surface area contributed by atoms with Gasteiger partial charge < -0.3 is 14.8 Å². The van der Waals surface area contributed by atoms with Crippen LogP contribution in [0.4, 0.5) is 15.0 Å². The van der Waals surface area contributed by atoms with Crippen LogP contribution in [0.3, 0.4) is 0 Å². The molecule has 158 valence electrons. The number of nitrogens with one attached hydrogen (secondary N) is 1. The van der Waals surface area contributed by atoms with Gasteiger partial charge in [0.25, 0.3) is 0 Å². The quantitative estimate of drug-likeness (QED) is 0.647. The number of anilines is 1. The zero-order valence-corrected chi connectivity index (χ0v) is 17.6. The fourth-order valence-electron chi connectivity index (χ4n) is 3.13. The van der Waals surface area contributed by atoms with E-state index >= 15 is 0 Å². The van der Waals surface area contributed by atoms with E-state index in [1.165, 1.54) is 7.11 Å². The fourth-order valence-corrected chi connectivity index (χ4v) is 3.13. The first kappa shape index (κ1) is 22.6. The molecule has 0 saturated heterocycles. The van der Waals surface area contributed by atoms with Gasteiger partial charge in [0.1, 0.15) is 18.1 Å². The van der Waals surface area contributed by atoms with E-state index in [0.29, 0.717) is 13.1 Å². The highest BCUT2D eigenvalue weighted by molar-refractivity contribution is 5.88. The largest absolute Gasteiger partial charge is 0.443 e. The molecule has 0 aliphatic carbocycles. The maximum atomic E-state index is 12.6. The Morgan fingerprint density at radius 1 is 1.36 bits per heavy atom. The highest BCUT2D eigenvalue weighted by Crippen LogP contribution is 2.27. The second-order valence-corrected chi connectivity index (χ2v) is 8.19. The number of carbonyl (C=O) groups is 1. The number of methoxy groups -OCH3 is 1. The van der Waals surface area contributed by atoms with Gasteiger partial charge in [-0.25, -0.2) is 14.2 Å². The first-order valence-corrected chi connectivity index (χ1v) is 10.1. The second-order valence-electron chi connectivity index (χ2n) is 8.19. The van der Waals surface area contributed by atoms with Gasteiger partial charge in [0, 0.05) is 25.9 Å². The minimum absolute atomic E-state index is 0.331. The number of aromatic nitrogens is 1. The van der Waals surface area contributed by atoms with Gasteiger partial charge in [-0.2, -0.15) is 0 Å². The Morgan fingerprint density at radius 2 is 2.14 bits per heavy atom. The van der Waals surface area contributed by atoms with Crippen molar-refractivity contribution in [2.24, 2.45) is 0 Å². The number of unbranched alkanes of at least 4 members (excludes halogenated alkanes) is 1. The molecule has 0 aromatic carbocycles. The van der Waals surface area contributed by atoms with Crippen molar-refractivity contribution in [3.05, 3.63) is 23.4 Å². The number of amides is 1. The summed E-state index contributed by atoms with van der Waals surface area (Å²) >= 11 is 0. The van der Waals surface area contributed by atoms with E-state index in [1.54, 1.807) is 4.90 Å². The van der Waals surface area contributed by atoms with Crippen LogP contribution in [-0.4, -0.2) is 56.2 Å². The van der Waals surface area contributed by atoms with E-state index in [9.17, 15) is 9.18 Å². The minimum atomic E-state index is -0.525. The highest BCUT2D eigenvalue weighted by Gasteiger charge is 2.28. The molecule has 0 fully saturated rings. The molecule has 28 heavy (non-hydrogen) atoms. The van der Waals surface area contributed by atoms with Gasteiger partial charge in [0.05, 0.1) is 6.10 Å². The first-order valence-electron chi connectivity index (χ1n) is 10.1. The molecule has 2 heterocycles. The Kier molecular flexibility index (Phi) is 8.63. The van der Waals surface area contributed by atoms with Gasteiger partial charge in [-0.1, -0.05) is 6.07 Å². The Morgan fingerprint density at radius 3 is 2.82 bits per heavy atom. The van der Waals surface area contributed by atoms with Crippen molar-refractivity contribution < 1.29 is 18.7 Å². The third-order valence-electron chi connectivity index (χ3n) is 4.62. The molecule has 0 unspecified atom stereocenters. The summed E-state index contributed by atoms with van der Waals surface area (Å²) in [6.45, 7) is 7.11. The lowest BCUT2D eigenvalue weighted by Crippen LogP contribution is -2.40. The Hall–Kier alpha value is -1.73. The summed E-state index contributed by atoms with van der Waals surface area (Å²) in [4.78, 5) is 19.0. The third kappa shape index (κ3) is 7.02. The van der Waals surface area contributed by atoms with Crippen LogP contribution < -0.4 is 10.2 Å². The number of hydrogen-bond donors (Lipinski definition) is 1. The first-order chi connectivity index (χ1) is 13.3. The number of halogens is 1. The lowest BCUT2D eigenvalue weighted by atomic mass is 10.0. The van der Waals surface area contributed by atoms with Gasteiger partial charge in [-0.05, 0) is 71.0 Å². The maximum absolute atomic E-state index is 12.6. The lowest BCUT2D eigenvalue weighted by molar-refractivity contribution is 0.0576. The van der Waals surface area contributed by atoms with E-state index in [2.05, 4.69) is 17.4 Å². The van der Waals surface area contributed by atoms with Gasteiger partial charge in [-0.15, -0.1) is 0 Å². The van der Waals surface area contributed by atoms with E-state index in [-0.39, 0.29) is 12.2 Å². The van der Waals surface area contributed by atoms with Crippen LogP contribution in [0.25, 0.3) is 0 Å². The van der Waals surface area contributed by atoms with Gasteiger partial charge in [0.2, 0.25) is 0 Å². The molecule has 0 spiro atoms. The monoisotopic (exact) mass is 395 g/mol. The predicted molar refractivity (Wildman–Crippen MR) is 109 cm³/mol. The van der Waals surface area contributed by atoms with Crippen LogP contribution in [0.1, 0.15) is 51.3 Å². The van der Waals surface area contributed by atoms with Crippen molar-refractivity contribution in [1.82, 2.24) is 10.3 Å². The summed E-state index contributed by atoms with van der Waals surface area (Å²) in [7, 11) is 1.52. The summed E-state index contributed by atoms with van der Waals surface area (Å²) in [5, 5.41) is 3.21. The van der Waals surface area contributed by atoms with Crippen LogP contribution in [-0.2, 0) is 22.3 Å². The molecule has 0 bridgehead atoms. The molecule has 1 aromatic rings. The van der Waals surface area contributed by atoms with E-state index in [0.717, 1.165) is 55.7 Å². The molecule has 1 amide bonds. The summed E-state index contributed by atoms with van der Waals surface area (Å²) in [6.07, 6.45) is 3.93. The number of pyridine rings is 1. The summed E-state index contributed by atoms with van der Waals surface area (Å²) < 4.78 is 23.1. The standard InChI is InChI=1S/C21H34FN3O3/c1-21(2,3)28-20(26)25-13-7-8-16-10-11-17(24-19(16)25)9-5-6-12-23-15-18(14-22)27-4/h10-11,18,23H,5-9,12-15H2,1-4H3/t18-/m1/s1. The SMILES string of the molecule is CO[C@H](CF)CNCCCCc1ccc2c(n1)N(C(=O)OC(C)(C)C)CCC2. The molecule has 0 saturated carbocycles. The van der Waals surface area contributed by atoms with Gasteiger partial charge in [-0.3, -0.25) is 4.90 Å². The normalized spacial score (nSPS) is 15.2. The summed E-state index contributed by atoms with van der Waals surface area (Å²) in [5.41, 5.74) is 1.55. The molecule has 1 N–H and O–H groups in total. The molecule has 1 aromatic heterocycles. The van der Waals surface area contributed by atoms with Crippen molar-refractivity contribution in [3.63, 3.8) is 0 Å². The van der Waals surface area contributed by atoms with Crippen molar-refractivity contribution in [2.45, 2.75) is 64.6 Å². The number of rotatable bonds is 9. The highest BCUT2D eigenvalue weighted by atomic mass is 19.1. The van der Waals surface area contributed by atoms with E-state index in [4.69, 9.17) is 14.5 Å². The fraction of sp³-hybridized carbons (Fsp3) is 0.714. The van der Waals surface area contributed by atoms with Crippen LogP contribution in [0.15, 0.2) is 12.1 Å². The average molecular weight is 396 g/mol. The lowest BCUT2D eigenvalue weighted by Gasteiger charge is -2.31. The van der Waals surface area contributed by atoms with Crippen molar-refractivity contribution in [2.75, 3.05) is 38.3 Å². The Labute approximate surface area is 167 Å². The Balaban J connectivity index is 1.87. The van der Waals surface area contributed by atoms with E-state index in [1.807, 2.05) is 20.8 Å². The molecule has 2 rings (SSSR count). The smallest absolute Gasteiger partial charge is 0.416 e. The summed E-state index contributed by atoms with van der Waals surface area (Å²) in [6, 6.07) is 4.13. The van der Waals surface area contributed by atoms with E-state index < -0.39 is 12.3 Å². The third-order valence-corrected chi connectivity index (χ3v) is 4.62.